The normalized spacial score (nSPS) is 10.0. The Bertz CT molecular complexity index is 714. The lowest BCUT2D eigenvalue weighted by Crippen LogP contribution is -2.30. The van der Waals surface area contributed by atoms with E-state index in [9.17, 15) is 14.5 Å². The van der Waals surface area contributed by atoms with Crippen LogP contribution in [-0.2, 0) is 0 Å². The molecule has 0 saturated carbocycles. The molecule has 0 spiro atoms. The number of amides is 2. The van der Waals surface area contributed by atoms with Crippen molar-refractivity contribution in [1.29, 1.82) is 0 Å². The van der Waals surface area contributed by atoms with Gasteiger partial charge in [-0.2, -0.15) is 0 Å². The second kappa shape index (κ2) is 6.43. The zero-order valence-electron chi connectivity index (χ0n) is 10.3. The summed E-state index contributed by atoms with van der Waals surface area (Å²) < 4.78 is 0. The molecule has 0 bridgehead atoms. The van der Waals surface area contributed by atoms with E-state index in [2.05, 4.69) is 15.5 Å². The molecule has 2 rings (SSSR count). The van der Waals surface area contributed by atoms with Gasteiger partial charge in [0.1, 0.15) is 16.0 Å². The molecule has 1 N–H and O–H groups in total. The Hall–Kier alpha value is -2.31. The van der Waals surface area contributed by atoms with E-state index in [1.165, 1.54) is 36.4 Å². The summed E-state index contributed by atoms with van der Waals surface area (Å²) in [5.41, 5.74) is 0.315. The van der Waals surface area contributed by atoms with Crippen LogP contribution in [0.5, 0.6) is 0 Å². The van der Waals surface area contributed by atoms with Gasteiger partial charge in [0.25, 0.3) is 11.8 Å². The molecule has 1 aromatic heterocycles. The predicted octanol–water partition coefficient (Wildman–Crippen LogP) is 3.36. The van der Waals surface area contributed by atoms with Crippen molar-refractivity contribution >= 4 is 40.7 Å². The van der Waals surface area contributed by atoms with Crippen LogP contribution >= 0.6 is 23.2 Å². The number of halogens is 2. The number of nitrogens with zero attached hydrogens (tertiary/aromatic N) is 2. The van der Waals surface area contributed by atoms with Crippen molar-refractivity contribution in [3.05, 3.63) is 62.7 Å². The molecule has 0 unspecified atom stereocenters. The van der Waals surface area contributed by atoms with Crippen molar-refractivity contribution < 1.29 is 9.59 Å². The molecule has 6 nitrogen and oxygen atoms in total. The van der Waals surface area contributed by atoms with Gasteiger partial charge in [-0.25, -0.2) is 4.98 Å². The molecule has 1 heterocycles. The topological polar surface area (TPSA) is 88.5 Å². The molecule has 0 aliphatic carbocycles. The van der Waals surface area contributed by atoms with Crippen molar-refractivity contribution in [2.45, 2.75) is 0 Å². The summed E-state index contributed by atoms with van der Waals surface area (Å²) in [6.45, 7) is 0. The minimum absolute atomic E-state index is 0.0345. The highest BCUT2D eigenvalue weighted by atomic mass is 35.5. The second-order valence-electron chi connectivity index (χ2n) is 3.93. The lowest BCUT2D eigenvalue weighted by atomic mass is 10.2. The van der Waals surface area contributed by atoms with Crippen molar-refractivity contribution in [1.82, 2.24) is 10.3 Å². The standard InChI is InChI=1S/C13H7Cl2N3O3/c14-10-5-8(6-11(15)16-10)13(20)17-12(19)7-2-1-3-9(4-7)18-21/h1-6H,(H,17,19,20). The Balaban J connectivity index is 2.18. The minimum Gasteiger partial charge on any atom is -0.288 e. The van der Waals surface area contributed by atoms with Crippen LogP contribution in [0, 0.1) is 4.91 Å². The van der Waals surface area contributed by atoms with Gasteiger partial charge >= 0.3 is 0 Å². The highest BCUT2D eigenvalue weighted by Gasteiger charge is 2.14. The number of pyridine rings is 1. The first kappa shape index (κ1) is 15.1. The molecular formula is C13H7Cl2N3O3. The Kier molecular flexibility index (Phi) is 4.62. The summed E-state index contributed by atoms with van der Waals surface area (Å²) in [5.74, 6) is -1.36. The average molecular weight is 324 g/mol. The first-order chi connectivity index (χ1) is 9.99. The quantitative estimate of drug-likeness (QED) is 0.533. The molecule has 0 radical (unpaired) electrons. The summed E-state index contributed by atoms with van der Waals surface area (Å²) in [5, 5.41) is 4.94. The summed E-state index contributed by atoms with van der Waals surface area (Å²) >= 11 is 11.4. The number of rotatable bonds is 3. The third-order valence-electron chi connectivity index (χ3n) is 2.47. The van der Waals surface area contributed by atoms with Crippen LogP contribution in [-0.4, -0.2) is 16.8 Å². The van der Waals surface area contributed by atoms with Crippen LogP contribution in [0.1, 0.15) is 20.7 Å². The van der Waals surface area contributed by atoms with E-state index in [1.807, 2.05) is 0 Å². The first-order valence-electron chi connectivity index (χ1n) is 5.62. The molecule has 0 atom stereocenters. The van der Waals surface area contributed by atoms with Crippen molar-refractivity contribution in [3.8, 4) is 0 Å². The van der Waals surface area contributed by atoms with E-state index in [0.29, 0.717) is 0 Å². The van der Waals surface area contributed by atoms with Gasteiger partial charge < -0.3 is 0 Å². The maximum absolute atomic E-state index is 11.9. The number of nitroso groups, excluding NO2 is 1. The second-order valence-corrected chi connectivity index (χ2v) is 4.70. The number of benzene rings is 1. The van der Waals surface area contributed by atoms with Crippen LogP contribution in [0.4, 0.5) is 5.69 Å². The van der Waals surface area contributed by atoms with Gasteiger partial charge in [0.05, 0.1) is 0 Å². The predicted molar refractivity (Wildman–Crippen MR) is 78.0 cm³/mol. The summed E-state index contributed by atoms with van der Waals surface area (Å²) in [6, 6.07) is 8.19. The Morgan fingerprint density at radius 3 is 2.24 bits per heavy atom. The molecule has 0 aliphatic rings. The molecule has 0 aliphatic heterocycles. The fourth-order valence-corrected chi connectivity index (χ4v) is 2.01. The van der Waals surface area contributed by atoms with Crippen molar-refractivity contribution in [3.63, 3.8) is 0 Å². The molecule has 8 heteroatoms. The number of carbonyl (C=O) groups excluding carboxylic acids is 2. The van der Waals surface area contributed by atoms with Gasteiger partial charge in [-0.15, -0.1) is 4.91 Å². The van der Waals surface area contributed by atoms with E-state index in [-0.39, 0.29) is 27.1 Å². The molecule has 2 aromatic rings. The monoisotopic (exact) mass is 323 g/mol. The SMILES string of the molecule is O=Nc1cccc(C(=O)NC(=O)c2cc(Cl)nc(Cl)c2)c1. The highest BCUT2D eigenvalue weighted by Crippen LogP contribution is 2.16. The lowest BCUT2D eigenvalue weighted by molar-refractivity contribution is 0.0849. The number of nitrogens with one attached hydrogen (secondary N) is 1. The maximum atomic E-state index is 11.9. The molecule has 21 heavy (non-hydrogen) atoms. The molecule has 0 saturated heterocycles. The van der Waals surface area contributed by atoms with E-state index >= 15 is 0 Å². The van der Waals surface area contributed by atoms with Gasteiger partial charge in [-0.05, 0) is 35.5 Å². The molecule has 1 aromatic carbocycles. The summed E-state index contributed by atoms with van der Waals surface area (Å²) in [6.07, 6.45) is 0. The smallest absolute Gasteiger partial charge is 0.258 e. The van der Waals surface area contributed by atoms with E-state index < -0.39 is 11.8 Å². The number of imide groups is 1. The van der Waals surface area contributed by atoms with Gasteiger partial charge in [0, 0.05) is 11.1 Å². The number of hydrogen-bond donors (Lipinski definition) is 1. The van der Waals surface area contributed by atoms with Crippen LogP contribution < -0.4 is 5.32 Å². The van der Waals surface area contributed by atoms with Crippen LogP contribution in [0.15, 0.2) is 41.6 Å². The Morgan fingerprint density at radius 1 is 1.00 bits per heavy atom. The lowest BCUT2D eigenvalue weighted by Gasteiger charge is -2.05. The van der Waals surface area contributed by atoms with Crippen LogP contribution in [0.25, 0.3) is 0 Å². The number of carbonyl (C=O) groups is 2. The average Bonchev–Trinajstić information content (AvgIpc) is 2.46. The third kappa shape index (κ3) is 3.84. The molecule has 106 valence electrons. The van der Waals surface area contributed by atoms with Crippen molar-refractivity contribution in [2.24, 2.45) is 5.18 Å². The van der Waals surface area contributed by atoms with Gasteiger partial charge in [-0.3, -0.25) is 14.9 Å². The van der Waals surface area contributed by atoms with E-state index in [1.54, 1.807) is 0 Å². The Morgan fingerprint density at radius 2 is 1.62 bits per heavy atom. The van der Waals surface area contributed by atoms with E-state index in [4.69, 9.17) is 23.2 Å². The fraction of sp³-hybridized carbons (Fsp3) is 0. The molecule has 0 fully saturated rings. The number of hydrogen-bond acceptors (Lipinski definition) is 5. The zero-order valence-corrected chi connectivity index (χ0v) is 11.9. The maximum Gasteiger partial charge on any atom is 0.258 e. The highest BCUT2D eigenvalue weighted by molar-refractivity contribution is 6.33. The minimum atomic E-state index is -0.685. The molecular weight excluding hydrogens is 317 g/mol. The zero-order chi connectivity index (χ0) is 15.4. The Labute approximate surface area is 129 Å². The largest absolute Gasteiger partial charge is 0.288 e. The third-order valence-corrected chi connectivity index (χ3v) is 2.85. The summed E-state index contributed by atoms with van der Waals surface area (Å²) in [7, 11) is 0. The van der Waals surface area contributed by atoms with Crippen LogP contribution in [0.3, 0.4) is 0 Å². The van der Waals surface area contributed by atoms with Gasteiger partial charge in [-0.1, -0.05) is 29.3 Å². The molecule has 2 amide bonds. The summed E-state index contributed by atoms with van der Waals surface area (Å²) in [4.78, 5) is 37.9. The van der Waals surface area contributed by atoms with Gasteiger partial charge in [0.15, 0.2) is 0 Å². The van der Waals surface area contributed by atoms with Gasteiger partial charge in [0.2, 0.25) is 0 Å². The van der Waals surface area contributed by atoms with Crippen LogP contribution in [0.2, 0.25) is 10.3 Å². The fourth-order valence-electron chi connectivity index (χ4n) is 1.55. The van der Waals surface area contributed by atoms with Crippen molar-refractivity contribution in [2.75, 3.05) is 0 Å². The first-order valence-corrected chi connectivity index (χ1v) is 6.37. The number of aromatic nitrogens is 1. The van der Waals surface area contributed by atoms with E-state index in [0.717, 1.165) is 0 Å².